The summed E-state index contributed by atoms with van der Waals surface area (Å²) >= 11 is 0. The van der Waals surface area contributed by atoms with Crippen LogP contribution in [0.2, 0.25) is 0 Å². The molecule has 0 spiro atoms. The molecule has 5 nitrogen and oxygen atoms in total. The van der Waals surface area contributed by atoms with Gasteiger partial charge in [-0.25, -0.2) is 0 Å². The van der Waals surface area contributed by atoms with Crippen molar-refractivity contribution >= 4 is 0 Å². The van der Waals surface area contributed by atoms with E-state index in [0.717, 1.165) is 0 Å². The highest BCUT2D eigenvalue weighted by Gasteiger charge is 2.12. The van der Waals surface area contributed by atoms with Crippen LogP contribution in [0.15, 0.2) is 30.6 Å². The summed E-state index contributed by atoms with van der Waals surface area (Å²) in [6.45, 7) is 6.52. The third-order valence-corrected chi connectivity index (χ3v) is 2.13. The van der Waals surface area contributed by atoms with E-state index >= 15 is 0 Å². The van der Waals surface area contributed by atoms with Crippen molar-refractivity contribution in [2.45, 2.75) is 39.1 Å². The average molecular weight is 270 g/mol. The van der Waals surface area contributed by atoms with Crippen LogP contribution in [-0.2, 0) is 0 Å². The highest BCUT2D eigenvalue weighted by molar-refractivity contribution is 4.88. The van der Waals surface area contributed by atoms with Crippen LogP contribution in [0, 0.1) is 0 Å². The van der Waals surface area contributed by atoms with Gasteiger partial charge in [0.15, 0.2) is 0 Å². The number of hydrogen-bond donors (Lipinski definition) is 3. The summed E-state index contributed by atoms with van der Waals surface area (Å²) in [4.78, 5) is 5.63. The van der Waals surface area contributed by atoms with Crippen molar-refractivity contribution < 1.29 is 15.3 Å². The number of hydrogen-bond acceptors (Lipinski definition) is 5. The molecule has 0 radical (unpaired) electrons. The van der Waals surface area contributed by atoms with Gasteiger partial charge in [0.1, 0.15) is 0 Å². The molecule has 5 heteroatoms. The van der Waals surface area contributed by atoms with Crippen LogP contribution in [0.25, 0.3) is 0 Å². The smallest absolute Gasteiger partial charge is 0.0639 e. The van der Waals surface area contributed by atoms with Crippen LogP contribution < -0.4 is 0 Å². The van der Waals surface area contributed by atoms with Crippen LogP contribution in [0.4, 0.5) is 0 Å². The zero-order valence-corrected chi connectivity index (χ0v) is 12.0. The summed E-state index contributed by atoms with van der Waals surface area (Å²) in [5.74, 6) is 0. The van der Waals surface area contributed by atoms with Crippen molar-refractivity contribution in [3.8, 4) is 0 Å². The van der Waals surface area contributed by atoms with Crippen LogP contribution in [-0.4, -0.2) is 63.1 Å². The van der Waals surface area contributed by atoms with Crippen LogP contribution in [0.1, 0.15) is 20.8 Å². The van der Waals surface area contributed by atoms with E-state index in [-0.39, 0.29) is 0 Å². The van der Waals surface area contributed by atoms with Gasteiger partial charge < -0.3 is 15.3 Å². The zero-order valence-electron chi connectivity index (χ0n) is 12.0. The van der Waals surface area contributed by atoms with Gasteiger partial charge in [-0.15, -0.1) is 0 Å². The van der Waals surface area contributed by atoms with Gasteiger partial charge in [-0.3, -0.25) is 9.88 Å². The van der Waals surface area contributed by atoms with Gasteiger partial charge in [0.2, 0.25) is 0 Å². The fourth-order valence-corrected chi connectivity index (χ4v) is 1.66. The Balaban J connectivity index is 0.000000443. The molecule has 110 valence electrons. The molecule has 1 aromatic rings. The van der Waals surface area contributed by atoms with E-state index < -0.39 is 18.3 Å². The number of aliphatic hydroxyl groups is 3. The molecule has 1 aromatic heterocycles. The molecule has 1 rings (SSSR count). The van der Waals surface area contributed by atoms with Crippen molar-refractivity contribution in [2.75, 3.05) is 19.6 Å². The highest BCUT2D eigenvalue weighted by Crippen LogP contribution is 1.97. The van der Waals surface area contributed by atoms with Crippen LogP contribution >= 0.6 is 0 Å². The maximum Gasteiger partial charge on any atom is 0.0639 e. The molecule has 19 heavy (non-hydrogen) atoms. The van der Waals surface area contributed by atoms with E-state index in [1.54, 1.807) is 33.2 Å². The number of aromatic nitrogens is 1. The Hall–Kier alpha value is -1.01. The topological polar surface area (TPSA) is 76.8 Å². The standard InChI is InChI=1S/C9H21NO3.C5H5N/c1-7(11)4-10(5-8(2)12)6-9(3)13;1-2-4-6-5-3-1/h7-9,11-13H,4-6H2,1-3H3;1-5H. The minimum Gasteiger partial charge on any atom is -0.392 e. The molecular formula is C14H26N2O3. The normalized spacial score (nSPS) is 15.3. The minimum absolute atomic E-state index is 0.433. The van der Waals surface area contributed by atoms with Crippen LogP contribution in [0.3, 0.4) is 0 Å². The van der Waals surface area contributed by atoms with Gasteiger partial charge in [0.25, 0.3) is 0 Å². The Morgan fingerprint density at radius 3 is 1.32 bits per heavy atom. The summed E-state index contributed by atoms with van der Waals surface area (Å²) < 4.78 is 0. The highest BCUT2D eigenvalue weighted by atomic mass is 16.3. The van der Waals surface area contributed by atoms with Gasteiger partial charge in [0.05, 0.1) is 18.3 Å². The molecule has 0 aliphatic rings. The molecule has 3 unspecified atom stereocenters. The number of aliphatic hydroxyl groups excluding tert-OH is 3. The van der Waals surface area contributed by atoms with Crippen molar-refractivity contribution in [1.82, 2.24) is 9.88 Å². The second-order valence-corrected chi connectivity index (χ2v) is 4.79. The van der Waals surface area contributed by atoms with Gasteiger partial charge in [-0.1, -0.05) is 6.07 Å². The average Bonchev–Trinajstić information content (AvgIpc) is 2.29. The van der Waals surface area contributed by atoms with Crippen molar-refractivity contribution in [3.63, 3.8) is 0 Å². The molecule has 0 saturated carbocycles. The molecule has 3 atom stereocenters. The maximum atomic E-state index is 9.14. The first-order valence-corrected chi connectivity index (χ1v) is 6.53. The van der Waals surface area contributed by atoms with Crippen molar-refractivity contribution in [2.24, 2.45) is 0 Å². The quantitative estimate of drug-likeness (QED) is 0.702. The van der Waals surface area contributed by atoms with E-state index in [0.29, 0.717) is 19.6 Å². The predicted octanol–water partition coefficient (Wildman–Crippen LogP) is 0.512. The lowest BCUT2D eigenvalue weighted by Gasteiger charge is -2.25. The van der Waals surface area contributed by atoms with Gasteiger partial charge in [-0.05, 0) is 32.9 Å². The summed E-state index contributed by atoms with van der Waals surface area (Å²) in [6.07, 6.45) is 2.20. The summed E-state index contributed by atoms with van der Waals surface area (Å²) in [5.41, 5.74) is 0. The summed E-state index contributed by atoms with van der Waals surface area (Å²) in [7, 11) is 0. The van der Waals surface area contributed by atoms with E-state index in [9.17, 15) is 0 Å². The molecule has 0 aliphatic heterocycles. The molecular weight excluding hydrogens is 244 g/mol. The SMILES string of the molecule is CC(O)CN(CC(C)O)CC(C)O.c1ccncc1. The third-order valence-electron chi connectivity index (χ3n) is 2.13. The summed E-state index contributed by atoms with van der Waals surface area (Å²) in [6, 6.07) is 5.72. The minimum atomic E-state index is -0.433. The van der Waals surface area contributed by atoms with E-state index in [4.69, 9.17) is 15.3 Å². The first kappa shape index (κ1) is 18.0. The predicted molar refractivity (Wildman–Crippen MR) is 75.7 cm³/mol. The van der Waals surface area contributed by atoms with Gasteiger partial charge in [0, 0.05) is 32.0 Å². The molecule has 1 heterocycles. The monoisotopic (exact) mass is 270 g/mol. The van der Waals surface area contributed by atoms with Crippen molar-refractivity contribution in [1.29, 1.82) is 0 Å². The van der Waals surface area contributed by atoms with E-state index in [2.05, 4.69) is 4.98 Å². The Kier molecular flexibility index (Phi) is 10.3. The molecule has 0 aliphatic carbocycles. The number of nitrogens with zero attached hydrogens (tertiary/aromatic N) is 2. The molecule has 0 bridgehead atoms. The molecule has 0 fully saturated rings. The van der Waals surface area contributed by atoms with E-state index in [1.165, 1.54) is 0 Å². The second-order valence-electron chi connectivity index (χ2n) is 4.79. The molecule has 0 saturated heterocycles. The third kappa shape index (κ3) is 13.2. The molecule has 0 amide bonds. The lowest BCUT2D eigenvalue weighted by atomic mass is 10.2. The maximum absolute atomic E-state index is 9.14. The Morgan fingerprint density at radius 1 is 0.789 bits per heavy atom. The Labute approximate surface area is 115 Å². The van der Waals surface area contributed by atoms with E-state index in [1.807, 2.05) is 23.1 Å². The zero-order chi connectivity index (χ0) is 14.7. The second kappa shape index (κ2) is 10.9. The van der Waals surface area contributed by atoms with Gasteiger partial charge >= 0.3 is 0 Å². The van der Waals surface area contributed by atoms with Gasteiger partial charge in [-0.2, -0.15) is 0 Å². The fourth-order valence-electron chi connectivity index (χ4n) is 1.66. The molecule has 3 N–H and O–H groups in total. The lowest BCUT2D eigenvalue weighted by molar-refractivity contribution is 0.0530. The van der Waals surface area contributed by atoms with Crippen molar-refractivity contribution in [3.05, 3.63) is 30.6 Å². The lowest BCUT2D eigenvalue weighted by Crippen LogP contribution is -2.40. The largest absolute Gasteiger partial charge is 0.392 e. The Bertz CT molecular complexity index is 242. The fraction of sp³-hybridized carbons (Fsp3) is 0.643. The number of rotatable bonds is 6. The summed E-state index contributed by atoms with van der Waals surface area (Å²) in [5, 5.41) is 27.4. The first-order chi connectivity index (χ1) is 8.91. The first-order valence-electron chi connectivity index (χ1n) is 6.53. The molecule has 0 aromatic carbocycles. The Morgan fingerprint density at radius 2 is 1.16 bits per heavy atom. The number of pyridine rings is 1. The van der Waals surface area contributed by atoms with Crippen LogP contribution in [0.5, 0.6) is 0 Å².